The molecule has 1 aliphatic heterocycles. The maximum atomic E-state index is 12.6. The van der Waals surface area contributed by atoms with Gasteiger partial charge in [0.25, 0.3) is 0 Å². The quantitative estimate of drug-likeness (QED) is 0.407. The summed E-state index contributed by atoms with van der Waals surface area (Å²) in [6, 6.07) is 18.2. The van der Waals surface area contributed by atoms with E-state index in [0.29, 0.717) is 0 Å². The van der Waals surface area contributed by atoms with Crippen LogP contribution in [0.3, 0.4) is 0 Å². The van der Waals surface area contributed by atoms with E-state index in [2.05, 4.69) is 5.32 Å². The summed E-state index contributed by atoms with van der Waals surface area (Å²) >= 11 is 0. The van der Waals surface area contributed by atoms with Crippen LogP contribution in [0, 0.1) is 11.8 Å². The standard InChI is InChI=1S/C23H25NO5/c1-14(21-20(15(2)25)23(28)24-21)18(26)13-19(27)29-22(16-9-5-3-6-10-16)17-11-7-4-8-12-17/h3-12,14-15,20-22,25H,13H2,1-2H3,(H,24,28)/t14-,15+,20+,21+/m0/s1. The first-order chi connectivity index (χ1) is 13.9. The minimum Gasteiger partial charge on any atom is -0.452 e. The van der Waals surface area contributed by atoms with Crippen molar-refractivity contribution < 1.29 is 24.2 Å². The van der Waals surface area contributed by atoms with Crippen LogP contribution in [-0.2, 0) is 19.1 Å². The molecule has 1 fully saturated rings. The number of amides is 1. The van der Waals surface area contributed by atoms with Gasteiger partial charge in [0.15, 0.2) is 6.10 Å². The SMILES string of the molecule is C[C@@H](O)[C@H]1C(=O)N[C@@H]1[C@@H](C)C(=O)CC(=O)OC(c1ccccc1)c1ccccc1. The predicted molar refractivity (Wildman–Crippen MR) is 107 cm³/mol. The molecule has 3 rings (SSSR count). The van der Waals surface area contributed by atoms with Crippen LogP contribution in [0.25, 0.3) is 0 Å². The zero-order valence-electron chi connectivity index (χ0n) is 16.4. The van der Waals surface area contributed by atoms with Crippen molar-refractivity contribution >= 4 is 17.7 Å². The predicted octanol–water partition coefficient (Wildman–Crippen LogP) is 2.41. The molecule has 0 bridgehead atoms. The normalized spacial score (nSPS) is 20.3. The fourth-order valence-corrected chi connectivity index (χ4v) is 3.63. The maximum Gasteiger partial charge on any atom is 0.314 e. The number of ketones is 1. The second-order valence-electron chi connectivity index (χ2n) is 7.42. The molecule has 152 valence electrons. The number of carbonyl (C=O) groups is 3. The van der Waals surface area contributed by atoms with Crippen molar-refractivity contribution in [1.82, 2.24) is 5.32 Å². The summed E-state index contributed by atoms with van der Waals surface area (Å²) in [6.07, 6.45) is -1.85. The van der Waals surface area contributed by atoms with Gasteiger partial charge >= 0.3 is 5.97 Å². The first kappa shape index (κ1) is 20.7. The molecule has 1 saturated heterocycles. The van der Waals surface area contributed by atoms with Gasteiger partial charge in [0, 0.05) is 5.92 Å². The summed E-state index contributed by atoms with van der Waals surface area (Å²) in [4.78, 5) is 36.7. The molecule has 4 atom stereocenters. The number of Topliss-reactive ketones (excluding diaryl/α,β-unsaturated/α-hetero) is 1. The molecule has 0 aliphatic carbocycles. The maximum absolute atomic E-state index is 12.6. The lowest BCUT2D eigenvalue weighted by molar-refractivity contribution is -0.151. The lowest BCUT2D eigenvalue weighted by atomic mass is 9.77. The molecule has 6 heteroatoms. The number of benzene rings is 2. The third kappa shape index (κ3) is 4.71. The number of hydrogen-bond acceptors (Lipinski definition) is 5. The minimum atomic E-state index is -0.850. The Kier molecular flexibility index (Phi) is 6.44. The average Bonchev–Trinajstić information content (AvgIpc) is 2.70. The van der Waals surface area contributed by atoms with Crippen LogP contribution < -0.4 is 5.32 Å². The lowest BCUT2D eigenvalue weighted by Crippen LogP contribution is -2.65. The van der Waals surface area contributed by atoms with Crippen LogP contribution >= 0.6 is 0 Å². The van der Waals surface area contributed by atoms with Gasteiger partial charge < -0.3 is 15.2 Å². The van der Waals surface area contributed by atoms with E-state index in [1.165, 1.54) is 6.92 Å². The number of carbonyl (C=O) groups excluding carboxylic acids is 3. The van der Waals surface area contributed by atoms with Crippen LogP contribution in [0.5, 0.6) is 0 Å². The van der Waals surface area contributed by atoms with Crippen LogP contribution in [-0.4, -0.2) is 34.9 Å². The van der Waals surface area contributed by atoms with E-state index in [9.17, 15) is 19.5 Å². The Morgan fingerprint density at radius 2 is 1.52 bits per heavy atom. The third-order valence-corrected chi connectivity index (χ3v) is 5.34. The Bertz CT molecular complexity index is 826. The molecule has 0 aromatic heterocycles. The smallest absolute Gasteiger partial charge is 0.314 e. The van der Waals surface area contributed by atoms with Gasteiger partial charge in [-0.05, 0) is 18.1 Å². The fourth-order valence-electron chi connectivity index (χ4n) is 3.63. The summed E-state index contributed by atoms with van der Waals surface area (Å²) < 4.78 is 5.67. The molecule has 0 radical (unpaired) electrons. The highest BCUT2D eigenvalue weighted by Gasteiger charge is 2.47. The van der Waals surface area contributed by atoms with Gasteiger partial charge in [-0.15, -0.1) is 0 Å². The molecule has 0 spiro atoms. The largest absolute Gasteiger partial charge is 0.452 e. The lowest BCUT2D eigenvalue weighted by Gasteiger charge is -2.41. The third-order valence-electron chi connectivity index (χ3n) is 5.34. The van der Waals surface area contributed by atoms with Gasteiger partial charge in [0.2, 0.25) is 5.91 Å². The molecule has 2 aromatic carbocycles. The number of rotatable bonds is 8. The van der Waals surface area contributed by atoms with Crippen molar-refractivity contribution in [2.45, 2.75) is 38.5 Å². The first-order valence-electron chi connectivity index (χ1n) is 9.69. The van der Waals surface area contributed by atoms with Gasteiger partial charge in [0.1, 0.15) is 12.2 Å². The number of β-lactam (4-membered cyclic amide) rings is 1. The van der Waals surface area contributed by atoms with Crippen LogP contribution in [0.1, 0.15) is 37.5 Å². The second-order valence-corrected chi connectivity index (χ2v) is 7.42. The highest BCUT2D eigenvalue weighted by atomic mass is 16.5. The number of nitrogens with one attached hydrogen (secondary N) is 1. The molecule has 2 N–H and O–H groups in total. The molecule has 1 amide bonds. The molecule has 1 heterocycles. The van der Waals surface area contributed by atoms with Gasteiger partial charge in [0.05, 0.1) is 18.1 Å². The highest BCUT2D eigenvalue weighted by molar-refractivity contribution is 5.98. The van der Waals surface area contributed by atoms with Crippen LogP contribution in [0.2, 0.25) is 0 Å². The van der Waals surface area contributed by atoms with Crippen molar-refractivity contribution in [1.29, 1.82) is 0 Å². The molecule has 0 saturated carbocycles. The van der Waals surface area contributed by atoms with Crippen molar-refractivity contribution in [2.75, 3.05) is 0 Å². The Morgan fingerprint density at radius 1 is 1.00 bits per heavy atom. The second kappa shape index (κ2) is 9.01. The molecule has 0 unspecified atom stereocenters. The molecule has 2 aromatic rings. The molecular formula is C23H25NO5. The molecule has 6 nitrogen and oxygen atoms in total. The van der Waals surface area contributed by atoms with Gasteiger partial charge in [-0.1, -0.05) is 67.6 Å². The van der Waals surface area contributed by atoms with E-state index in [-0.39, 0.29) is 11.7 Å². The van der Waals surface area contributed by atoms with Gasteiger partial charge in [-0.25, -0.2) is 0 Å². The highest BCUT2D eigenvalue weighted by Crippen LogP contribution is 2.29. The number of hydrogen-bond donors (Lipinski definition) is 2. The van der Waals surface area contributed by atoms with E-state index >= 15 is 0 Å². The number of aliphatic hydroxyl groups excluding tert-OH is 1. The van der Waals surface area contributed by atoms with Crippen molar-refractivity contribution in [3.63, 3.8) is 0 Å². The zero-order chi connectivity index (χ0) is 21.0. The van der Waals surface area contributed by atoms with E-state index < -0.39 is 42.5 Å². The number of esters is 1. The fraction of sp³-hybridized carbons (Fsp3) is 0.348. The molecule has 1 aliphatic rings. The summed E-state index contributed by atoms with van der Waals surface area (Å²) in [7, 11) is 0. The van der Waals surface area contributed by atoms with E-state index in [1.54, 1.807) is 6.92 Å². The van der Waals surface area contributed by atoms with Crippen molar-refractivity contribution in [3.05, 3.63) is 71.8 Å². The van der Waals surface area contributed by atoms with Crippen molar-refractivity contribution in [3.8, 4) is 0 Å². The van der Waals surface area contributed by atoms with E-state index in [0.717, 1.165) is 11.1 Å². The topological polar surface area (TPSA) is 92.7 Å². The Balaban J connectivity index is 1.67. The summed E-state index contributed by atoms with van der Waals surface area (Å²) in [5, 5.41) is 12.4. The Morgan fingerprint density at radius 3 is 1.97 bits per heavy atom. The summed E-state index contributed by atoms with van der Waals surface area (Å²) in [5.74, 6) is -2.46. The minimum absolute atomic E-state index is 0.277. The Hall–Kier alpha value is -2.99. The number of ether oxygens (including phenoxy) is 1. The average molecular weight is 395 g/mol. The summed E-state index contributed by atoms with van der Waals surface area (Å²) in [5.41, 5.74) is 1.63. The van der Waals surface area contributed by atoms with Gasteiger partial charge in [-0.3, -0.25) is 14.4 Å². The first-order valence-corrected chi connectivity index (χ1v) is 9.69. The van der Waals surface area contributed by atoms with Gasteiger partial charge in [-0.2, -0.15) is 0 Å². The van der Waals surface area contributed by atoms with Crippen molar-refractivity contribution in [2.24, 2.45) is 11.8 Å². The Labute approximate surface area is 169 Å². The number of aliphatic hydroxyl groups is 1. The van der Waals surface area contributed by atoms with Crippen LogP contribution in [0.4, 0.5) is 0 Å². The molecular weight excluding hydrogens is 370 g/mol. The van der Waals surface area contributed by atoms with Crippen LogP contribution in [0.15, 0.2) is 60.7 Å². The zero-order valence-corrected chi connectivity index (χ0v) is 16.4. The monoisotopic (exact) mass is 395 g/mol. The van der Waals surface area contributed by atoms with E-state index in [1.807, 2.05) is 60.7 Å². The van der Waals surface area contributed by atoms with E-state index in [4.69, 9.17) is 4.74 Å². The molecule has 29 heavy (non-hydrogen) atoms. The summed E-state index contributed by atoms with van der Waals surface area (Å²) in [6.45, 7) is 3.17.